The first-order valence-corrected chi connectivity index (χ1v) is 6.04. The first kappa shape index (κ1) is 12.4. The highest BCUT2D eigenvalue weighted by Gasteiger charge is 2.21. The molecule has 1 atom stereocenters. The molecule has 18 heavy (non-hydrogen) atoms. The molecule has 0 aliphatic carbocycles. The van der Waals surface area contributed by atoms with Crippen molar-refractivity contribution in [3.8, 4) is 0 Å². The van der Waals surface area contributed by atoms with Crippen LogP contribution in [0.4, 0.5) is 5.69 Å². The largest absolute Gasteiger partial charge is 0.480 e. The Morgan fingerprint density at radius 2 is 2.28 bits per heavy atom. The number of aromatic nitrogens is 2. The number of carboxylic acids is 1. The summed E-state index contributed by atoms with van der Waals surface area (Å²) in [7, 11) is 0. The van der Waals surface area contributed by atoms with Gasteiger partial charge in [0.05, 0.1) is 11.2 Å². The van der Waals surface area contributed by atoms with E-state index in [0.29, 0.717) is 11.2 Å². The predicted molar refractivity (Wildman–Crippen MR) is 70.5 cm³/mol. The smallest absolute Gasteiger partial charge is 0.326 e. The molecule has 3 N–H and O–H groups in total. The minimum atomic E-state index is -0.867. The Morgan fingerprint density at radius 1 is 1.56 bits per heavy atom. The van der Waals surface area contributed by atoms with Gasteiger partial charge in [-0.1, -0.05) is 13.0 Å². The van der Waals surface area contributed by atoms with Crippen molar-refractivity contribution < 1.29 is 9.90 Å². The molecule has 1 unspecified atom stereocenters. The molecule has 0 saturated heterocycles. The van der Waals surface area contributed by atoms with E-state index in [1.54, 1.807) is 17.6 Å². The van der Waals surface area contributed by atoms with Crippen LogP contribution in [0.15, 0.2) is 18.2 Å². The molecule has 0 amide bonds. The third-order valence-corrected chi connectivity index (χ3v) is 3.04. The van der Waals surface area contributed by atoms with Gasteiger partial charge in [-0.2, -0.15) is 0 Å². The zero-order chi connectivity index (χ0) is 13.3. The van der Waals surface area contributed by atoms with Crippen LogP contribution in [-0.2, 0) is 11.2 Å². The standard InChI is InChI=1S/C13H17N3O2/c1-3-5-11-15-12-9(14)6-4-7-10(12)16(11)8(2)13(17)18/h4,6-8H,3,5,14H2,1-2H3,(H,17,18). The zero-order valence-corrected chi connectivity index (χ0v) is 10.6. The Bertz CT molecular complexity index is 589. The molecule has 5 heteroatoms. The van der Waals surface area contributed by atoms with Crippen LogP contribution in [0, 0.1) is 0 Å². The lowest BCUT2D eigenvalue weighted by molar-refractivity contribution is -0.140. The van der Waals surface area contributed by atoms with E-state index in [0.717, 1.165) is 24.2 Å². The van der Waals surface area contributed by atoms with Crippen LogP contribution in [0.2, 0.25) is 0 Å². The average molecular weight is 247 g/mol. The summed E-state index contributed by atoms with van der Waals surface area (Å²) in [5, 5.41) is 9.20. The molecular weight excluding hydrogens is 230 g/mol. The van der Waals surface area contributed by atoms with E-state index >= 15 is 0 Å². The van der Waals surface area contributed by atoms with Crippen molar-refractivity contribution in [1.29, 1.82) is 0 Å². The van der Waals surface area contributed by atoms with E-state index in [-0.39, 0.29) is 0 Å². The molecule has 0 radical (unpaired) electrons. The molecular formula is C13H17N3O2. The number of anilines is 1. The maximum atomic E-state index is 11.2. The molecule has 1 aromatic carbocycles. The van der Waals surface area contributed by atoms with Crippen LogP contribution >= 0.6 is 0 Å². The molecule has 1 aromatic heterocycles. The van der Waals surface area contributed by atoms with Crippen LogP contribution in [-0.4, -0.2) is 20.6 Å². The number of hydrogen-bond acceptors (Lipinski definition) is 3. The molecule has 96 valence electrons. The number of carbonyl (C=O) groups is 1. The zero-order valence-electron chi connectivity index (χ0n) is 10.6. The van der Waals surface area contributed by atoms with Gasteiger partial charge in [-0.15, -0.1) is 0 Å². The van der Waals surface area contributed by atoms with Crippen molar-refractivity contribution in [2.45, 2.75) is 32.7 Å². The Morgan fingerprint density at radius 3 is 2.89 bits per heavy atom. The van der Waals surface area contributed by atoms with Gasteiger partial charge < -0.3 is 15.4 Å². The van der Waals surface area contributed by atoms with Gasteiger partial charge in [0, 0.05) is 6.42 Å². The molecule has 2 aromatic rings. The van der Waals surface area contributed by atoms with E-state index in [2.05, 4.69) is 4.98 Å². The monoisotopic (exact) mass is 247 g/mol. The summed E-state index contributed by atoms with van der Waals surface area (Å²) in [6, 6.07) is 4.82. The van der Waals surface area contributed by atoms with Crippen molar-refractivity contribution >= 4 is 22.7 Å². The number of aryl methyl sites for hydroxylation is 1. The average Bonchev–Trinajstić information content (AvgIpc) is 2.68. The van der Waals surface area contributed by atoms with E-state index < -0.39 is 12.0 Å². The molecule has 1 heterocycles. The van der Waals surface area contributed by atoms with Crippen LogP contribution in [0.3, 0.4) is 0 Å². The number of fused-ring (bicyclic) bond motifs is 1. The second kappa shape index (κ2) is 4.68. The Hall–Kier alpha value is -2.04. The molecule has 0 fully saturated rings. The van der Waals surface area contributed by atoms with Gasteiger partial charge in [0.15, 0.2) is 0 Å². The lowest BCUT2D eigenvalue weighted by Gasteiger charge is -2.13. The number of para-hydroxylation sites is 1. The first-order chi connectivity index (χ1) is 8.56. The molecule has 5 nitrogen and oxygen atoms in total. The normalized spacial score (nSPS) is 12.8. The van der Waals surface area contributed by atoms with Crippen LogP contribution in [0.25, 0.3) is 11.0 Å². The quantitative estimate of drug-likeness (QED) is 0.812. The fraction of sp³-hybridized carbons (Fsp3) is 0.385. The Balaban J connectivity index is 2.70. The highest BCUT2D eigenvalue weighted by Crippen LogP contribution is 2.26. The lowest BCUT2D eigenvalue weighted by Crippen LogP contribution is -2.17. The summed E-state index contributed by atoms with van der Waals surface area (Å²) < 4.78 is 1.76. The lowest BCUT2D eigenvalue weighted by atomic mass is 10.2. The fourth-order valence-corrected chi connectivity index (χ4v) is 2.13. The highest BCUT2D eigenvalue weighted by molar-refractivity contribution is 5.89. The van der Waals surface area contributed by atoms with E-state index in [1.807, 2.05) is 19.1 Å². The van der Waals surface area contributed by atoms with Crippen molar-refractivity contribution in [2.24, 2.45) is 0 Å². The molecule has 0 bridgehead atoms. The number of rotatable bonds is 4. The van der Waals surface area contributed by atoms with Crippen molar-refractivity contribution in [2.75, 3.05) is 5.73 Å². The summed E-state index contributed by atoms with van der Waals surface area (Å²) in [5.41, 5.74) is 7.95. The molecule has 0 saturated carbocycles. The van der Waals surface area contributed by atoms with Gasteiger partial charge in [0.25, 0.3) is 0 Å². The summed E-state index contributed by atoms with van der Waals surface area (Å²) in [6.07, 6.45) is 1.65. The van der Waals surface area contributed by atoms with E-state index in [4.69, 9.17) is 5.73 Å². The SMILES string of the molecule is CCCc1nc2c(N)cccc2n1C(C)C(=O)O. The Kier molecular flexibility index (Phi) is 3.23. The van der Waals surface area contributed by atoms with Gasteiger partial charge in [-0.25, -0.2) is 9.78 Å². The topological polar surface area (TPSA) is 81.1 Å². The number of hydrogen-bond donors (Lipinski definition) is 2. The van der Waals surface area contributed by atoms with E-state index in [9.17, 15) is 9.90 Å². The van der Waals surface area contributed by atoms with Crippen molar-refractivity contribution in [3.05, 3.63) is 24.0 Å². The predicted octanol–water partition coefficient (Wildman–Crippen LogP) is 2.22. The number of nitrogens with two attached hydrogens (primary N) is 1. The molecule has 0 aliphatic heterocycles. The van der Waals surface area contributed by atoms with Crippen molar-refractivity contribution in [3.63, 3.8) is 0 Å². The number of nitrogens with zero attached hydrogens (tertiary/aromatic N) is 2. The second-order valence-electron chi connectivity index (χ2n) is 4.38. The van der Waals surface area contributed by atoms with Crippen molar-refractivity contribution in [1.82, 2.24) is 9.55 Å². The second-order valence-corrected chi connectivity index (χ2v) is 4.38. The van der Waals surface area contributed by atoms with Crippen LogP contribution in [0.1, 0.15) is 32.1 Å². The number of carboxylic acid groups (broad SMARTS) is 1. The molecule has 2 rings (SSSR count). The number of aliphatic carboxylic acids is 1. The van der Waals surface area contributed by atoms with Gasteiger partial charge in [0.1, 0.15) is 17.4 Å². The maximum absolute atomic E-state index is 11.2. The number of benzene rings is 1. The first-order valence-electron chi connectivity index (χ1n) is 6.04. The third-order valence-electron chi connectivity index (χ3n) is 3.04. The van der Waals surface area contributed by atoms with Gasteiger partial charge in [-0.3, -0.25) is 0 Å². The summed E-state index contributed by atoms with van der Waals surface area (Å²) in [4.78, 5) is 15.7. The fourth-order valence-electron chi connectivity index (χ4n) is 2.13. The summed E-state index contributed by atoms with van der Waals surface area (Å²) >= 11 is 0. The maximum Gasteiger partial charge on any atom is 0.326 e. The molecule has 0 aliphatic rings. The van der Waals surface area contributed by atoms with E-state index in [1.165, 1.54) is 0 Å². The van der Waals surface area contributed by atoms with Crippen LogP contribution < -0.4 is 5.73 Å². The molecule has 0 spiro atoms. The highest BCUT2D eigenvalue weighted by atomic mass is 16.4. The van der Waals surface area contributed by atoms with Gasteiger partial charge in [0.2, 0.25) is 0 Å². The Labute approximate surface area is 105 Å². The number of imidazole rings is 1. The minimum absolute atomic E-state index is 0.584. The third kappa shape index (κ3) is 1.92. The summed E-state index contributed by atoms with van der Waals surface area (Å²) in [6.45, 7) is 3.70. The number of nitrogen functional groups attached to an aromatic ring is 1. The van der Waals surface area contributed by atoms with Gasteiger partial charge >= 0.3 is 5.97 Å². The minimum Gasteiger partial charge on any atom is -0.480 e. The van der Waals surface area contributed by atoms with Gasteiger partial charge in [-0.05, 0) is 25.5 Å². The summed E-state index contributed by atoms with van der Waals surface area (Å²) in [5.74, 6) is -0.0885. The van der Waals surface area contributed by atoms with Crippen LogP contribution in [0.5, 0.6) is 0 Å².